The van der Waals surface area contributed by atoms with E-state index in [0.29, 0.717) is 5.69 Å². The van der Waals surface area contributed by atoms with Crippen LogP contribution in [0.1, 0.15) is 51.3 Å². The minimum atomic E-state index is -0.726. The van der Waals surface area contributed by atoms with Gasteiger partial charge < -0.3 is 5.32 Å². The summed E-state index contributed by atoms with van der Waals surface area (Å²) < 4.78 is 2.21. The number of carbonyl (C=O) groups is 1. The number of carbonyl (C=O) groups excluding carboxylic acids is 1. The smallest absolute Gasteiger partial charge is 0.344 e. The molecule has 4 aromatic rings. The Morgan fingerprint density at radius 1 is 0.886 bits per heavy atom. The van der Waals surface area contributed by atoms with Crippen LogP contribution in [0.3, 0.4) is 0 Å². The molecule has 0 unspecified atom stereocenters. The molecule has 35 heavy (non-hydrogen) atoms. The summed E-state index contributed by atoms with van der Waals surface area (Å²) in [5.74, 6) is -0.637. The average molecular weight is 469 g/mol. The van der Waals surface area contributed by atoms with Crippen molar-refractivity contribution < 1.29 is 4.79 Å². The quantitative estimate of drug-likeness (QED) is 0.466. The number of benzene rings is 3. The van der Waals surface area contributed by atoms with Crippen molar-refractivity contribution >= 4 is 5.91 Å². The largest absolute Gasteiger partial charge is 0.352 e. The van der Waals surface area contributed by atoms with Crippen LogP contribution in [0.2, 0.25) is 0 Å². The van der Waals surface area contributed by atoms with Crippen molar-refractivity contribution in [3.63, 3.8) is 0 Å². The lowest BCUT2D eigenvalue weighted by molar-refractivity contribution is 0.0930. The Balaban J connectivity index is 1.84. The number of nitrogens with zero attached hydrogens (tertiary/aromatic N) is 3. The highest BCUT2D eigenvalue weighted by Gasteiger charge is 2.22. The number of aryl methyl sites for hydroxylation is 3. The lowest BCUT2D eigenvalue weighted by atomic mass is 10.1. The predicted octanol–water partition coefficient (Wildman–Crippen LogP) is 3.86. The van der Waals surface area contributed by atoms with Crippen molar-refractivity contribution in [1.82, 2.24) is 19.7 Å². The Kier molecular flexibility index (Phi) is 6.78. The Bertz CT molecular complexity index is 1500. The highest BCUT2D eigenvalue weighted by Crippen LogP contribution is 2.14. The standard InChI is InChI=1S/C28H28N4O3/c1-18-14-15-24(16-20(18)3)32-28(35)31(17-23-13-9-8-10-19(23)2)27(34)25(30-32)26(33)29-21(4)22-11-6-5-7-12-22/h5-16,21H,17H2,1-4H3,(H,29,33)/t21-/m1/s1. The number of hydrogen-bond acceptors (Lipinski definition) is 4. The third-order valence-electron chi connectivity index (χ3n) is 6.25. The van der Waals surface area contributed by atoms with Crippen LogP contribution >= 0.6 is 0 Å². The lowest BCUT2D eigenvalue weighted by Crippen LogP contribution is -2.46. The van der Waals surface area contributed by atoms with E-state index in [2.05, 4.69) is 10.4 Å². The second-order valence-electron chi connectivity index (χ2n) is 8.74. The average Bonchev–Trinajstić information content (AvgIpc) is 2.85. The van der Waals surface area contributed by atoms with Crippen LogP contribution in [0, 0.1) is 20.8 Å². The summed E-state index contributed by atoms with van der Waals surface area (Å²) in [5, 5.41) is 7.09. The Hall–Kier alpha value is -4.26. The first kappa shape index (κ1) is 23.9. The van der Waals surface area contributed by atoms with Crippen LogP contribution in [-0.4, -0.2) is 20.3 Å². The molecule has 1 amide bonds. The van der Waals surface area contributed by atoms with Crippen molar-refractivity contribution in [3.8, 4) is 5.69 Å². The van der Waals surface area contributed by atoms with Gasteiger partial charge in [0.25, 0.3) is 11.5 Å². The highest BCUT2D eigenvalue weighted by molar-refractivity contribution is 5.92. The van der Waals surface area contributed by atoms with E-state index < -0.39 is 17.2 Å². The van der Waals surface area contributed by atoms with Gasteiger partial charge in [-0.15, -0.1) is 0 Å². The maximum atomic E-state index is 13.5. The first-order valence-electron chi connectivity index (χ1n) is 11.5. The first-order valence-corrected chi connectivity index (χ1v) is 11.5. The van der Waals surface area contributed by atoms with E-state index in [1.807, 2.05) is 94.4 Å². The van der Waals surface area contributed by atoms with Crippen molar-refractivity contribution in [1.29, 1.82) is 0 Å². The molecular weight excluding hydrogens is 440 g/mol. The summed E-state index contributed by atoms with van der Waals surface area (Å²) >= 11 is 0. The fourth-order valence-corrected chi connectivity index (χ4v) is 3.87. The van der Waals surface area contributed by atoms with Crippen molar-refractivity contribution in [3.05, 3.63) is 127 Å². The second-order valence-corrected chi connectivity index (χ2v) is 8.74. The van der Waals surface area contributed by atoms with Gasteiger partial charge in [-0.2, -0.15) is 9.78 Å². The Labute approximate surface area is 203 Å². The van der Waals surface area contributed by atoms with E-state index in [1.165, 1.54) is 0 Å². The molecule has 0 radical (unpaired) electrons. The Morgan fingerprint density at radius 2 is 1.57 bits per heavy atom. The maximum absolute atomic E-state index is 13.5. The molecule has 4 rings (SSSR count). The van der Waals surface area contributed by atoms with E-state index in [0.717, 1.165) is 37.1 Å². The molecule has 178 valence electrons. The zero-order chi connectivity index (χ0) is 25.1. The maximum Gasteiger partial charge on any atom is 0.352 e. The molecule has 0 spiro atoms. The van der Waals surface area contributed by atoms with Crippen LogP contribution in [0.15, 0.2) is 82.4 Å². The molecule has 0 saturated heterocycles. The molecule has 1 heterocycles. The molecule has 1 N–H and O–H groups in total. The topological polar surface area (TPSA) is 86.0 Å². The van der Waals surface area contributed by atoms with Gasteiger partial charge in [0.2, 0.25) is 5.69 Å². The van der Waals surface area contributed by atoms with E-state index in [-0.39, 0.29) is 18.3 Å². The summed E-state index contributed by atoms with van der Waals surface area (Å²) in [7, 11) is 0. The number of aromatic nitrogens is 3. The highest BCUT2D eigenvalue weighted by atomic mass is 16.2. The minimum absolute atomic E-state index is 0.0340. The van der Waals surface area contributed by atoms with Crippen LogP contribution in [-0.2, 0) is 6.54 Å². The SMILES string of the molecule is Cc1ccc(-n2nc(C(=O)N[C@H](C)c3ccccc3)c(=O)n(Cc3ccccc3C)c2=O)cc1C. The van der Waals surface area contributed by atoms with Gasteiger partial charge in [-0.3, -0.25) is 14.2 Å². The van der Waals surface area contributed by atoms with Gasteiger partial charge >= 0.3 is 5.69 Å². The van der Waals surface area contributed by atoms with E-state index >= 15 is 0 Å². The first-order chi connectivity index (χ1) is 16.8. The summed E-state index contributed by atoms with van der Waals surface area (Å²) in [4.78, 5) is 40.1. The zero-order valence-electron chi connectivity index (χ0n) is 20.3. The predicted molar refractivity (Wildman–Crippen MR) is 136 cm³/mol. The number of hydrogen-bond donors (Lipinski definition) is 1. The van der Waals surface area contributed by atoms with Gasteiger partial charge in [-0.25, -0.2) is 4.79 Å². The van der Waals surface area contributed by atoms with Gasteiger partial charge in [0, 0.05) is 0 Å². The normalized spacial score (nSPS) is 11.8. The van der Waals surface area contributed by atoms with Gasteiger partial charge in [-0.05, 0) is 67.6 Å². The molecule has 0 aliphatic heterocycles. The minimum Gasteiger partial charge on any atom is -0.344 e. The van der Waals surface area contributed by atoms with E-state index in [1.54, 1.807) is 6.07 Å². The number of nitrogens with one attached hydrogen (secondary N) is 1. The van der Waals surface area contributed by atoms with Crippen LogP contribution < -0.4 is 16.6 Å². The van der Waals surface area contributed by atoms with Crippen LogP contribution in [0.5, 0.6) is 0 Å². The number of rotatable bonds is 6. The van der Waals surface area contributed by atoms with E-state index in [9.17, 15) is 14.4 Å². The molecule has 0 aliphatic carbocycles. The van der Waals surface area contributed by atoms with Crippen LogP contribution in [0.25, 0.3) is 5.69 Å². The van der Waals surface area contributed by atoms with E-state index in [4.69, 9.17) is 0 Å². The summed E-state index contributed by atoms with van der Waals surface area (Å²) in [6.45, 7) is 7.68. The molecule has 3 aromatic carbocycles. The molecule has 0 fully saturated rings. The van der Waals surface area contributed by atoms with Crippen molar-refractivity contribution in [2.45, 2.75) is 40.3 Å². The molecule has 7 nitrogen and oxygen atoms in total. The molecular formula is C28H28N4O3. The van der Waals surface area contributed by atoms with Gasteiger partial charge in [0.15, 0.2) is 0 Å². The Morgan fingerprint density at radius 3 is 2.26 bits per heavy atom. The second kappa shape index (κ2) is 9.93. The molecule has 7 heteroatoms. The summed E-state index contributed by atoms with van der Waals surface area (Å²) in [6, 6.07) is 22.1. The summed E-state index contributed by atoms with van der Waals surface area (Å²) in [5.41, 5.74) is 3.50. The fourth-order valence-electron chi connectivity index (χ4n) is 3.87. The molecule has 0 aliphatic rings. The summed E-state index contributed by atoms with van der Waals surface area (Å²) in [6.07, 6.45) is 0. The van der Waals surface area contributed by atoms with Crippen molar-refractivity contribution in [2.75, 3.05) is 0 Å². The molecule has 1 atom stereocenters. The molecule has 0 bridgehead atoms. The number of amides is 1. The lowest BCUT2D eigenvalue weighted by Gasteiger charge is -2.16. The molecule has 0 saturated carbocycles. The third kappa shape index (κ3) is 4.99. The zero-order valence-corrected chi connectivity index (χ0v) is 20.3. The fraction of sp³-hybridized carbons (Fsp3) is 0.214. The third-order valence-corrected chi connectivity index (χ3v) is 6.25. The monoisotopic (exact) mass is 468 g/mol. The molecule has 1 aromatic heterocycles. The van der Waals surface area contributed by atoms with Gasteiger partial charge in [-0.1, -0.05) is 60.7 Å². The van der Waals surface area contributed by atoms with Crippen LogP contribution in [0.4, 0.5) is 0 Å². The van der Waals surface area contributed by atoms with Gasteiger partial charge in [0.05, 0.1) is 18.3 Å². The van der Waals surface area contributed by atoms with Gasteiger partial charge in [0.1, 0.15) is 0 Å². The van der Waals surface area contributed by atoms with Crippen molar-refractivity contribution in [2.24, 2.45) is 0 Å².